The lowest BCUT2D eigenvalue weighted by molar-refractivity contribution is -0.122. The van der Waals surface area contributed by atoms with Gasteiger partial charge in [-0.15, -0.1) is 0 Å². The minimum Gasteiger partial charge on any atom is -0.494 e. The van der Waals surface area contributed by atoms with Gasteiger partial charge in [0.1, 0.15) is 5.75 Å². The molecule has 1 aliphatic rings. The molecule has 6 nitrogen and oxygen atoms in total. The van der Waals surface area contributed by atoms with E-state index in [4.69, 9.17) is 4.74 Å². The van der Waals surface area contributed by atoms with Gasteiger partial charge in [0.05, 0.1) is 24.1 Å². The highest BCUT2D eigenvalue weighted by atomic mass is 32.2. The van der Waals surface area contributed by atoms with Gasteiger partial charge in [-0.25, -0.2) is 8.42 Å². The first-order valence-corrected chi connectivity index (χ1v) is 11.5. The summed E-state index contributed by atoms with van der Waals surface area (Å²) in [5, 5.41) is 3.02. The fourth-order valence-electron chi connectivity index (χ4n) is 3.69. The average Bonchev–Trinajstić information content (AvgIpc) is 2.73. The summed E-state index contributed by atoms with van der Waals surface area (Å²) >= 11 is 0. The van der Waals surface area contributed by atoms with E-state index in [-0.39, 0.29) is 29.9 Å². The largest absolute Gasteiger partial charge is 0.494 e. The zero-order valence-electron chi connectivity index (χ0n) is 16.9. The summed E-state index contributed by atoms with van der Waals surface area (Å²) < 4.78 is 32.5. The highest BCUT2D eigenvalue weighted by Crippen LogP contribution is 2.29. The number of fused-ring (bicyclic) bond motifs is 1. The van der Waals surface area contributed by atoms with Crippen LogP contribution in [0.4, 0.5) is 0 Å². The second kappa shape index (κ2) is 9.41. The minimum atomic E-state index is -3.76. The molecule has 2 aromatic carbocycles. The summed E-state index contributed by atoms with van der Waals surface area (Å²) in [6.07, 6.45) is 2.88. The van der Waals surface area contributed by atoms with Crippen LogP contribution in [0, 0.1) is 0 Å². The first-order valence-electron chi connectivity index (χ1n) is 10.1. The van der Waals surface area contributed by atoms with Crippen LogP contribution in [-0.4, -0.2) is 38.3 Å². The second-order valence-corrected chi connectivity index (χ2v) is 8.98. The van der Waals surface area contributed by atoms with Crippen LogP contribution < -0.4 is 10.1 Å². The maximum absolute atomic E-state index is 13.0. The van der Waals surface area contributed by atoms with Gasteiger partial charge in [0.25, 0.3) is 0 Å². The Morgan fingerprint density at radius 1 is 1.14 bits per heavy atom. The van der Waals surface area contributed by atoms with Crippen molar-refractivity contribution >= 4 is 15.9 Å². The zero-order valence-corrected chi connectivity index (χ0v) is 17.7. The van der Waals surface area contributed by atoms with E-state index >= 15 is 0 Å². The summed E-state index contributed by atoms with van der Waals surface area (Å²) in [5.41, 5.74) is 2.38. The fraction of sp³-hybridized carbons (Fsp3) is 0.409. The van der Waals surface area contributed by atoms with Crippen molar-refractivity contribution in [2.45, 2.75) is 44.0 Å². The molecule has 1 N–H and O–H groups in total. The molecule has 0 saturated heterocycles. The lowest BCUT2D eigenvalue weighted by Gasteiger charge is -2.27. The molecule has 0 heterocycles. The van der Waals surface area contributed by atoms with Gasteiger partial charge in [-0.05, 0) is 61.6 Å². The van der Waals surface area contributed by atoms with Gasteiger partial charge in [-0.3, -0.25) is 4.79 Å². The molecule has 3 rings (SSSR count). The van der Waals surface area contributed by atoms with Crippen molar-refractivity contribution in [1.82, 2.24) is 9.62 Å². The van der Waals surface area contributed by atoms with Crippen molar-refractivity contribution in [1.29, 1.82) is 0 Å². The molecular formula is C22H28N2O4S. The van der Waals surface area contributed by atoms with Crippen LogP contribution in [0.15, 0.2) is 53.4 Å². The van der Waals surface area contributed by atoms with Crippen LogP contribution in [0.1, 0.15) is 43.9 Å². The molecular weight excluding hydrogens is 388 g/mol. The lowest BCUT2D eigenvalue weighted by Crippen LogP contribution is -2.42. The predicted octanol–water partition coefficient (Wildman–Crippen LogP) is 3.29. The highest BCUT2D eigenvalue weighted by molar-refractivity contribution is 7.89. The normalized spacial score (nSPS) is 16.3. The zero-order chi connectivity index (χ0) is 20.9. The number of hydrogen-bond donors (Lipinski definition) is 1. The van der Waals surface area contributed by atoms with Gasteiger partial charge >= 0.3 is 0 Å². The van der Waals surface area contributed by atoms with Gasteiger partial charge in [0.2, 0.25) is 15.9 Å². The van der Waals surface area contributed by atoms with Crippen molar-refractivity contribution in [2.24, 2.45) is 0 Å². The predicted molar refractivity (Wildman–Crippen MR) is 112 cm³/mol. The van der Waals surface area contributed by atoms with E-state index in [2.05, 4.69) is 11.4 Å². The van der Waals surface area contributed by atoms with Crippen LogP contribution in [0.3, 0.4) is 0 Å². The molecule has 1 atom stereocenters. The number of carbonyl (C=O) groups excluding carboxylic acids is 1. The SMILES string of the molecule is CCOc1ccc(S(=O)(=O)N(CC)CC(=O)N[C@@H]2CCCc3ccccc32)cc1. The van der Waals surface area contributed by atoms with Crippen LogP contribution in [0.25, 0.3) is 0 Å². The maximum Gasteiger partial charge on any atom is 0.243 e. The summed E-state index contributed by atoms with van der Waals surface area (Å²) in [7, 11) is -3.76. The van der Waals surface area contributed by atoms with Crippen LogP contribution in [-0.2, 0) is 21.2 Å². The summed E-state index contributed by atoms with van der Waals surface area (Å²) in [6.45, 7) is 4.12. The summed E-state index contributed by atoms with van der Waals surface area (Å²) in [5.74, 6) is 0.325. The van der Waals surface area contributed by atoms with Crippen molar-refractivity contribution in [3.8, 4) is 5.75 Å². The molecule has 0 unspecified atom stereocenters. The minimum absolute atomic E-state index is 0.0701. The Morgan fingerprint density at radius 3 is 2.55 bits per heavy atom. The number of nitrogens with zero attached hydrogens (tertiary/aromatic N) is 1. The molecule has 1 amide bonds. The molecule has 2 aromatic rings. The first kappa shape index (κ1) is 21.3. The number of likely N-dealkylation sites (N-methyl/N-ethyl adjacent to an activating group) is 1. The Bertz CT molecular complexity index is 942. The molecule has 0 spiro atoms. The number of ether oxygens (including phenoxy) is 1. The summed E-state index contributed by atoms with van der Waals surface area (Å²) in [4.78, 5) is 12.8. The first-order chi connectivity index (χ1) is 14.0. The Kier molecular flexibility index (Phi) is 6.92. The smallest absolute Gasteiger partial charge is 0.243 e. The molecule has 0 aliphatic heterocycles. The Hall–Kier alpha value is -2.38. The number of sulfonamides is 1. The van der Waals surface area contributed by atoms with Crippen molar-refractivity contribution in [3.63, 3.8) is 0 Å². The molecule has 0 fully saturated rings. The molecule has 7 heteroatoms. The quantitative estimate of drug-likeness (QED) is 0.717. The van der Waals surface area contributed by atoms with E-state index < -0.39 is 10.0 Å². The van der Waals surface area contributed by atoms with Gasteiger partial charge in [0.15, 0.2) is 0 Å². The molecule has 1 aliphatic carbocycles. The topological polar surface area (TPSA) is 75.7 Å². The van der Waals surface area contributed by atoms with Gasteiger partial charge in [0, 0.05) is 6.54 Å². The number of hydrogen-bond acceptors (Lipinski definition) is 4. The van der Waals surface area contributed by atoms with E-state index in [1.165, 1.54) is 22.0 Å². The summed E-state index contributed by atoms with van der Waals surface area (Å²) in [6, 6.07) is 14.3. The Labute approximate surface area is 172 Å². The Morgan fingerprint density at radius 2 is 1.86 bits per heavy atom. The second-order valence-electron chi connectivity index (χ2n) is 7.05. The van der Waals surface area contributed by atoms with E-state index in [0.29, 0.717) is 12.4 Å². The van der Waals surface area contributed by atoms with Gasteiger partial charge < -0.3 is 10.1 Å². The third-order valence-electron chi connectivity index (χ3n) is 5.15. The number of aryl methyl sites for hydroxylation is 1. The molecule has 0 radical (unpaired) electrons. The van der Waals surface area contributed by atoms with E-state index in [1.807, 2.05) is 25.1 Å². The molecule has 156 valence electrons. The van der Waals surface area contributed by atoms with Crippen molar-refractivity contribution in [2.75, 3.05) is 19.7 Å². The number of amides is 1. The molecule has 29 heavy (non-hydrogen) atoms. The average molecular weight is 417 g/mol. The van der Waals surface area contributed by atoms with E-state index in [9.17, 15) is 13.2 Å². The van der Waals surface area contributed by atoms with Crippen molar-refractivity contribution < 1.29 is 17.9 Å². The van der Waals surface area contributed by atoms with Gasteiger partial charge in [-0.2, -0.15) is 4.31 Å². The lowest BCUT2D eigenvalue weighted by atomic mass is 9.88. The van der Waals surface area contributed by atoms with E-state index in [0.717, 1.165) is 24.8 Å². The maximum atomic E-state index is 13.0. The number of carbonyl (C=O) groups is 1. The number of rotatable bonds is 8. The van der Waals surface area contributed by atoms with Crippen LogP contribution in [0.5, 0.6) is 5.75 Å². The number of nitrogens with one attached hydrogen (secondary N) is 1. The van der Waals surface area contributed by atoms with Gasteiger partial charge in [-0.1, -0.05) is 31.2 Å². The molecule has 0 bridgehead atoms. The molecule has 0 saturated carbocycles. The van der Waals surface area contributed by atoms with E-state index in [1.54, 1.807) is 19.1 Å². The fourth-order valence-corrected chi connectivity index (χ4v) is 5.10. The standard InChI is InChI=1S/C22H28N2O4S/c1-3-24(29(26,27)19-14-12-18(13-15-19)28-4-2)16-22(25)23-21-11-7-9-17-8-5-6-10-20(17)21/h5-6,8,10,12-15,21H,3-4,7,9,11,16H2,1-2H3,(H,23,25)/t21-/m1/s1. The van der Waals surface area contributed by atoms with Crippen molar-refractivity contribution in [3.05, 3.63) is 59.7 Å². The monoisotopic (exact) mass is 416 g/mol. The molecule has 0 aromatic heterocycles. The number of benzene rings is 2. The third kappa shape index (κ3) is 4.97. The van der Waals surface area contributed by atoms with Crippen LogP contribution >= 0.6 is 0 Å². The van der Waals surface area contributed by atoms with Crippen LogP contribution in [0.2, 0.25) is 0 Å². The highest BCUT2D eigenvalue weighted by Gasteiger charge is 2.27. The third-order valence-corrected chi connectivity index (χ3v) is 7.08. The Balaban J connectivity index is 1.70.